The number of rotatable bonds is 6. The summed E-state index contributed by atoms with van der Waals surface area (Å²) in [5.74, 6) is 1.77. The molecule has 0 bridgehead atoms. The van der Waals surface area contributed by atoms with Crippen molar-refractivity contribution in [1.29, 1.82) is 0 Å². The van der Waals surface area contributed by atoms with Gasteiger partial charge in [0.1, 0.15) is 11.9 Å². The third kappa shape index (κ3) is 6.19. The van der Waals surface area contributed by atoms with E-state index in [4.69, 9.17) is 9.47 Å². The second-order valence-electron chi connectivity index (χ2n) is 8.50. The highest BCUT2D eigenvalue weighted by atomic mass is 16.5. The van der Waals surface area contributed by atoms with Gasteiger partial charge in [0.25, 0.3) is 0 Å². The number of aryl methyl sites for hydroxylation is 1. The van der Waals surface area contributed by atoms with E-state index in [9.17, 15) is 9.59 Å². The molecule has 1 aromatic rings. The van der Waals surface area contributed by atoms with Gasteiger partial charge in [-0.25, -0.2) is 4.79 Å². The molecule has 2 saturated carbocycles. The smallest absolute Gasteiger partial charge is 0.330 e. The highest BCUT2D eigenvalue weighted by molar-refractivity contribution is 5.81. The Hall–Kier alpha value is -2.10. The lowest BCUT2D eigenvalue weighted by Crippen LogP contribution is -2.31. The van der Waals surface area contributed by atoms with Crippen molar-refractivity contribution in [1.82, 2.24) is 0 Å². The molecule has 158 valence electrons. The van der Waals surface area contributed by atoms with Gasteiger partial charge in [0, 0.05) is 6.08 Å². The Morgan fingerprint density at radius 3 is 2.07 bits per heavy atom. The Kier molecular flexibility index (Phi) is 7.91. The Balaban J connectivity index is 1.40. The highest BCUT2D eigenvalue weighted by Gasteiger charge is 2.34. The zero-order valence-corrected chi connectivity index (χ0v) is 17.8. The van der Waals surface area contributed by atoms with Crippen LogP contribution >= 0.6 is 0 Å². The van der Waals surface area contributed by atoms with E-state index in [1.165, 1.54) is 11.6 Å². The van der Waals surface area contributed by atoms with E-state index in [1.807, 2.05) is 31.2 Å². The maximum atomic E-state index is 12.5. The Labute approximate surface area is 174 Å². The van der Waals surface area contributed by atoms with Gasteiger partial charge in [-0.2, -0.15) is 0 Å². The number of hydrogen-bond donors (Lipinski definition) is 0. The molecule has 0 radical (unpaired) electrons. The van der Waals surface area contributed by atoms with Crippen LogP contribution in [0.2, 0.25) is 0 Å². The van der Waals surface area contributed by atoms with E-state index in [0.29, 0.717) is 17.6 Å². The fourth-order valence-electron chi connectivity index (χ4n) is 4.84. The molecule has 2 aliphatic rings. The molecule has 0 heterocycles. The standard InChI is InChI=1S/C25H34O4/c1-3-5-24(26)28-22-16-12-20(13-17-22)19-8-10-21(11-9-19)25(27)29-23-14-6-18(4-2)7-15-23/h3,5-7,14-15,19-22H,4,8-13,16-17H2,1-2H3. The minimum absolute atomic E-state index is 0.0234. The summed E-state index contributed by atoms with van der Waals surface area (Å²) in [6, 6.07) is 7.82. The predicted octanol–water partition coefficient (Wildman–Crippen LogP) is 5.64. The van der Waals surface area contributed by atoms with Crippen molar-refractivity contribution in [2.75, 3.05) is 0 Å². The van der Waals surface area contributed by atoms with Gasteiger partial charge in [0.2, 0.25) is 0 Å². The van der Waals surface area contributed by atoms with Gasteiger partial charge in [0.05, 0.1) is 5.92 Å². The van der Waals surface area contributed by atoms with E-state index < -0.39 is 0 Å². The average molecular weight is 399 g/mol. The van der Waals surface area contributed by atoms with E-state index in [0.717, 1.165) is 57.8 Å². The normalized spacial score (nSPS) is 27.5. The lowest BCUT2D eigenvalue weighted by atomic mass is 9.70. The van der Waals surface area contributed by atoms with E-state index in [2.05, 4.69) is 6.92 Å². The maximum Gasteiger partial charge on any atom is 0.330 e. The molecule has 2 aliphatic carbocycles. The van der Waals surface area contributed by atoms with Crippen molar-refractivity contribution < 1.29 is 19.1 Å². The van der Waals surface area contributed by atoms with Crippen LogP contribution in [-0.2, 0) is 20.7 Å². The molecule has 0 atom stereocenters. The van der Waals surface area contributed by atoms with Gasteiger partial charge >= 0.3 is 11.9 Å². The summed E-state index contributed by atoms with van der Waals surface area (Å²) in [6.07, 6.45) is 12.5. The molecular formula is C25H34O4. The van der Waals surface area contributed by atoms with Crippen LogP contribution in [-0.4, -0.2) is 18.0 Å². The van der Waals surface area contributed by atoms with E-state index in [-0.39, 0.29) is 24.0 Å². The largest absolute Gasteiger partial charge is 0.459 e. The first kappa shape index (κ1) is 21.6. The molecule has 0 aliphatic heterocycles. The van der Waals surface area contributed by atoms with Gasteiger partial charge in [-0.3, -0.25) is 4.79 Å². The number of carbonyl (C=O) groups excluding carboxylic acids is 2. The Morgan fingerprint density at radius 1 is 0.931 bits per heavy atom. The first-order chi connectivity index (χ1) is 14.1. The number of hydrogen-bond acceptors (Lipinski definition) is 4. The summed E-state index contributed by atoms with van der Waals surface area (Å²) in [6.45, 7) is 3.94. The molecule has 0 amide bonds. The minimum Gasteiger partial charge on any atom is -0.459 e. The predicted molar refractivity (Wildman–Crippen MR) is 114 cm³/mol. The van der Waals surface area contributed by atoms with Gasteiger partial charge in [-0.1, -0.05) is 25.1 Å². The lowest BCUT2D eigenvalue weighted by molar-refractivity contribution is -0.145. The molecule has 2 fully saturated rings. The van der Waals surface area contributed by atoms with Crippen molar-refractivity contribution in [3.05, 3.63) is 42.0 Å². The second kappa shape index (κ2) is 10.6. The number of carbonyl (C=O) groups is 2. The number of benzene rings is 1. The SMILES string of the molecule is CC=CC(=O)OC1CCC(C2CCC(C(=O)Oc3ccc(CC)cc3)CC2)CC1. The third-order valence-corrected chi connectivity index (χ3v) is 6.63. The zero-order chi connectivity index (χ0) is 20.6. The van der Waals surface area contributed by atoms with Crippen LogP contribution in [0.3, 0.4) is 0 Å². The van der Waals surface area contributed by atoms with Crippen LogP contribution in [0, 0.1) is 17.8 Å². The fraction of sp³-hybridized carbons (Fsp3) is 0.600. The molecule has 1 aromatic carbocycles. The van der Waals surface area contributed by atoms with Crippen molar-refractivity contribution >= 4 is 11.9 Å². The topological polar surface area (TPSA) is 52.6 Å². The Bertz CT molecular complexity index is 690. The molecule has 0 saturated heterocycles. The molecule has 4 heteroatoms. The number of allylic oxidation sites excluding steroid dienone is 1. The summed E-state index contributed by atoms with van der Waals surface area (Å²) in [5.41, 5.74) is 1.25. The van der Waals surface area contributed by atoms with E-state index in [1.54, 1.807) is 6.08 Å². The first-order valence-corrected chi connectivity index (χ1v) is 11.2. The summed E-state index contributed by atoms with van der Waals surface area (Å²) < 4.78 is 11.1. The third-order valence-electron chi connectivity index (χ3n) is 6.63. The van der Waals surface area contributed by atoms with Crippen LogP contribution in [0.15, 0.2) is 36.4 Å². The molecule has 0 spiro atoms. The summed E-state index contributed by atoms with van der Waals surface area (Å²) in [5, 5.41) is 0. The molecule has 0 aromatic heterocycles. The van der Waals surface area contributed by atoms with Crippen molar-refractivity contribution in [3.63, 3.8) is 0 Å². The molecular weight excluding hydrogens is 364 g/mol. The van der Waals surface area contributed by atoms with Gasteiger partial charge in [-0.05, 0) is 94.2 Å². The second-order valence-corrected chi connectivity index (χ2v) is 8.50. The molecule has 0 unspecified atom stereocenters. The average Bonchev–Trinajstić information content (AvgIpc) is 2.75. The molecule has 29 heavy (non-hydrogen) atoms. The molecule has 0 N–H and O–H groups in total. The minimum atomic E-state index is -0.223. The van der Waals surface area contributed by atoms with Crippen LogP contribution in [0.1, 0.15) is 70.8 Å². The van der Waals surface area contributed by atoms with Crippen LogP contribution in [0.4, 0.5) is 0 Å². The molecule has 3 rings (SSSR count). The van der Waals surface area contributed by atoms with Crippen LogP contribution in [0.25, 0.3) is 0 Å². The zero-order valence-electron chi connectivity index (χ0n) is 17.8. The molecule has 4 nitrogen and oxygen atoms in total. The Morgan fingerprint density at radius 2 is 1.52 bits per heavy atom. The van der Waals surface area contributed by atoms with Crippen LogP contribution in [0.5, 0.6) is 5.75 Å². The van der Waals surface area contributed by atoms with Crippen molar-refractivity contribution in [2.45, 2.75) is 77.7 Å². The number of ether oxygens (including phenoxy) is 2. The quantitative estimate of drug-likeness (QED) is 0.353. The first-order valence-electron chi connectivity index (χ1n) is 11.2. The fourth-order valence-corrected chi connectivity index (χ4v) is 4.84. The summed E-state index contributed by atoms with van der Waals surface area (Å²) >= 11 is 0. The monoisotopic (exact) mass is 398 g/mol. The summed E-state index contributed by atoms with van der Waals surface area (Å²) in [4.78, 5) is 24.1. The van der Waals surface area contributed by atoms with Crippen molar-refractivity contribution in [3.8, 4) is 5.75 Å². The number of esters is 2. The van der Waals surface area contributed by atoms with E-state index >= 15 is 0 Å². The van der Waals surface area contributed by atoms with Gasteiger partial charge in [-0.15, -0.1) is 0 Å². The van der Waals surface area contributed by atoms with Gasteiger partial charge in [0.15, 0.2) is 0 Å². The summed E-state index contributed by atoms with van der Waals surface area (Å²) in [7, 11) is 0. The maximum absolute atomic E-state index is 12.5. The van der Waals surface area contributed by atoms with Crippen molar-refractivity contribution in [2.24, 2.45) is 17.8 Å². The van der Waals surface area contributed by atoms with Crippen LogP contribution < -0.4 is 4.74 Å². The lowest BCUT2D eigenvalue weighted by Gasteiger charge is -2.37. The van der Waals surface area contributed by atoms with Gasteiger partial charge < -0.3 is 9.47 Å². The highest BCUT2D eigenvalue weighted by Crippen LogP contribution is 2.40.